The van der Waals surface area contributed by atoms with Crippen LogP contribution in [0, 0.1) is 0 Å². The Hall–Kier alpha value is -1.44. The maximum absolute atomic E-state index is 12.0. The average molecular weight is 312 g/mol. The number of morpholine rings is 1. The number of rotatable bonds is 5. The van der Waals surface area contributed by atoms with Crippen molar-refractivity contribution in [3.05, 3.63) is 29.8 Å². The summed E-state index contributed by atoms with van der Waals surface area (Å²) in [6, 6.07) is 7.79. The number of nitrogens with zero attached hydrogens (tertiary/aromatic N) is 1. The molecule has 1 aromatic rings. The highest BCUT2D eigenvalue weighted by molar-refractivity contribution is 7.88. The van der Waals surface area contributed by atoms with Crippen LogP contribution in [0.4, 0.5) is 5.69 Å². The Kier molecular flexibility index (Phi) is 4.97. The highest BCUT2D eigenvalue weighted by Crippen LogP contribution is 2.19. The van der Waals surface area contributed by atoms with E-state index in [9.17, 15) is 13.2 Å². The van der Waals surface area contributed by atoms with E-state index in [4.69, 9.17) is 4.74 Å². The Balaban J connectivity index is 2.05. The van der Waals surface area contributed by atoms with Crippen LogP contribution < -0.4 is 9.62 Å². The van der Waals surface area contributed by atoms with Crippen molar-refractivity contribution in [3.63, 3.8) is 0 Å². The summed E-state index contributed by atoms with van der Waals surface area (Å²) in [6.45, 7) is 2.54. The van der Waals surface area contributed by atoms with Crippen molar-refractivity contribution in [1.29, 1.82) is 0 Å². The number of benzene rings is 1. The molecule has 1 amide bonds. The van der Waals surface area contributed by atoms with Gasteiger partial charge in [0.1, 0.15) is 6.61 Å². The first-order chi connectivity index (χ1) is 9.89. The summed E-state index contributed by atoms with van der Waals surface area (Å²) < 4.78 is 30.0. The molecular weight excluding hydrogens is 292 g/mol. The number of hydrogen-bond donors (Lipinski definition) is 1. The maximum Gasteiger partial charge on any atom is 0.253 e. The molecule has 0 spiro atoms. The van der Waals surface area contributed by atoms with Gasteiger partial charge in [-0.15, -0.1) is 0 Å². The van der Waals surface area contributed by atoms with Crippen LogP contribution in [0.1, 0.15) is 12.5 Å². The lowest BCUT2D eigenvalue weighted by atomic mass is 10.1. The van der Waals surface area contributed by atoms with Gasteiger partial charge in [-0.2, -0.15) is 0 Å². The molecule has 7 heteroatoms. The summed E-state index contributed by atoms with van der Waals surface area (Å²) in [5, 5.41) is 0. The van der Waals surface area contributed by atoms with E-state index in [1.165, 1.54) is 5.56 Å². The zero-order chi connectivity index (χ0) is 15.5. The molecule has 6 nitrogen and oxygen atoms in total. The summed E-state index contributed by atoms with van der Waals surface area (Å²) in [6.07, 6.45) is 1.70. The van der Waals surface area contributed by atoms with E-state index in [0.29, 0.717) is 6.54 Å². The van der Waals surface area contributed by atoms with Crippen molar-refractivity contribution in [1.82, 2.24) is 4.72 Å². The molecule has 0 aliphatic carbocycles. The number of aryl methyl sites for hydroxylation is 1. The number of amides is 1. The molecule has 1 atom stereocenters. The van der Waals surface area contributed by atoms with Gasteiger partial charge in [-0.05, 0) is 24.1 Å². The van der Waals surface area contributed by atoms with E-state index in [1.54, 1.807) is 4.90 Å². The lowest BCUT2D eigenvalue weighted by molar-refractivity contribution is -0.129. The van der Waals surface area contributed by atoms with E-state index >= 15 is 0 Å². The van der Waals surface area contributed by atoms with Crippen LogP contribution in [-0.4, -0.2) is 46.4 Å². The van der Waals surface area contributed by atoms with Gasteiger partial charge < -0.3 is 9.64 Å². The largest absolute Gasteiger partial charge is 0.365 e. The predicted molar refractivity (Wildman–Crippen MR) is 80.8 cm³/mol. The third-order valence-electron chi connectivity index (χ3n) is 3.36. The minimum Gasteiger partial charge on any atom is -0.365 e. The van der Waals surface area contributed by atoms with Crippen LogP contribution in [0.15, 0.2) is 24.3 Å². The summed E-state index contributed by atoms with van der Waals surface area (Å²) >= 11 is 0. The summed E-state index contributed by atoms with van der Waals surface area (Å²) in [7, 11) is -3.26. The average Bonchev–Trinajstić information content (AvgIpc) is 2.46. The quantitative estimate of drug-likeness (QED) is 0.860. The van der Waals surface area contributed by atoms with Crippen molar-refractivity contribution in [3.8, 4) is 0 Å². The molecule has 21 heavy (non-hydrogen) atoms. The molecule has 0 saturated carbocycles. The number of nitrogens with one attached hydrogen (secondary N) is 1. The first kappa shape index (κ1) is 15.9. The van der Waals surface area contributed by atoms with Crippen LogP contribution in [0.2, 0.25) is 0 Å². The van der Waals surface area contributed by atoms with Crippen LogP contribution >= 0.6 is 0 Å². The topological polar surface area (TPSA) is 75.7 Å². The molecule has 116 valence electrons. The molecule has 1 N–H and O–H groups in total. The number of ether oxygens (including phenoxy) is 1. The van der Waals surface area contributed by atoms with Gasteiger partial charge >= 0.3 is 0 Å². The third kappa shape index (κ3) is 4.52. The second-order valence-electron chi connectivity index (χ2n) is 5.08. The zero-order valence-corrected chi connectivity index (χ0v) is 13.0. The van der Waals surface area contributed by atoms with Crippen LogP contribution in [-0.2, 0) is 26.0 Å². The Morgan fingerprint density at radius 2 is 2.00 bits per heavy atom. The van der Waals surface area contributed by atoms with Gasteiger partial charge in [-0.3, -0.25) is 4.79 Å². The van der Waals surface area contributed by atoms with Gasteiger partial charge in [0.2, 0.25) is 10.0 Å². The number of hydrogen-bond acceptors (Lipinski definition) is 4. The molecular formula is C14H20N2O4S. The standard InChI is InChI=1S/C14H20N2O4S/c1-3-11-4-6-12(7-5-11)16-9-13(20-10-14(16)17)8-15-21(2,18)19/h4-7,13,15H,3,8-10H2,1-2H3. The molecule has 0 bridgehead atoms. The first-order valence-corrected chi connectivity index (χ1v) is 8.73. The Labute approximate surface area is 125 Å². The Morgan fingerprint density at radius 3 is 2.57 bits per heavy atom. The molecule has 1 heterocycles. The zero-order valence-electron chi connectivity index (χ0n) is 12.2. The maximum atomic E-state index is 12.0. The summed E-state index contributed by atoms with van der Waals surface area (Å²) in [5.74, 6) is -0.116. The Bertz CT molecular complexity index is 598. The van der Waals surface area contributed by atoms with Crippen LogP contribution in [0.5, 0.6) is 0 Å². The van der Waals surface area contributed by atoms with Gasteiger partial charge in [-0.25, -0.2) is 13.1 Å². The lowest BCUT2D eigenvalue weighted by Gasteiger charge is -2.32. The summed E-state index contributed by atoms with van der Waals surface area (Å²) in [4.78, 5) is 13.6. The first-order valence-electron chi connectivity index (χ1n) is 6.84. The highest BCUT2D eigenvalue weighted by atomic mass is 32.2. The van der Waals surface area contributed by atoms with Crippen LogP contribution in [0.3, 0.4) is 0 Å². The number of sulfonamides is 1. The second-order valence-corrected chi connectivity index (χ2v) is 6.91. The van der Waals surface area contributed by atoms with Crippen molar-refractivity contribution >= 4 is 21.6 Å². The number of carbonyl (C=O) groups is 1. The Morgan fingerprint density at radius 1 is 1.33 bits per heavy atom. The fourth-order valence-corrected chi connectivity index (χ4v) is 2.64. The fourth-order valence-electron chi connectivity index (χ4n) is 2.15. The molecule has 1 aliphatic heterocycles. The fraction of sp³-hybridized carbons (Fsp3) is 0.500. The van der Waals surface area contributed by atoms with Gasteiger partial charge in [-0.1, -0.05) is 19.1 Å². The molecule has 1 aliphatic rings. The molecule has 2 rings (SSSR count). The molecule has 1 aromatic carbocycles. The van der Waals surface area contributed by atoms with Crippen LogP contribution in [0.25, 0.3) is 0 Å². The molecule has 0 aromatic heterocycles. The van der Waals surface area contributed by atoms with Crippen molar-refractivity contribution in [2.75, 3.05) is 30.9 Å². The van der Waals surface area contributed by atoms with E-state index in [-0.39, 0.29) is 25.2 Å². The SMILES string of the molecule is CCc1ccc(N2CC(CNS(C)(=O)=O)OCC2=O)cc1. The lowest BCUT2D eigenvalue weighted by Crippen LogP contribution is -2.50. The highest BCUT2D eigenvalue weighted by Gasteiger charge is 2.27. The monoisotopic (exact) mass is 312 g/mol. The molecule has 1 unspecified atom stereocenters. The van der Waals surface area contributed by atoms with Gasteiger partial charge in [0.05, 0.1) is 18.9 Å². The van der Waals surface area contributed by atoms with Crippen molar-refractivity contribution in [2.24, 2.45) is 0 Å². The van der Waals surface area contributed by atoms with E-state index < -0.39 is 10.0 Å². The minimum atomic E-state index is -3.26. The smallest absolute Gasteiger partial charge is 0.253 e. The van der Waals surface area contributed by atoms with Crippen molar-refractivity contribution in [2.45, 2.75) is 19.4 Å². The minimum absolute atomic E-state index is 0.0361. The predicted octanol–water partition coefficient (Wildman–Crippen LogP) is 0.530. The number of anilines is 1. The molecule has 1 fully saturated rings. The second kappa shape index (κ2) is 6.55. The summed E-state index contributed by atoms with van der Waals surface area (Å²) in [5.41, 5.74) is 2.01. The van der Waals surface area contributed by atoms with E-state index in [2.05, 4.69) is 11.6 Å². The van der Waals surface area contributed by atoms with Crippen molar-refractivity contribution < 1.29 is 17.9 Å². The third-order valence-corrected chi connectivity index (χ3v) is 4.05. The van der Waals surface area contributed by atoms with E-state index in [1.807, 2.05) is 24.3 Å². The molecule has 1 saturated heterocycles. The van der Waals surface area contributed by atoms with Gasteiger partial charge in [0.15, 0.2) is 0 Å². The number of carbonyl (C=O) groups excluding carboxylic acids is 1. The normalized spacial score (nSPS) is 19.8. The molecule has 0 radical (unpaired) electrons. The van der Waals surface area contributed by atoms with E-state index in [0.717, 1.165) is 18.4 Å². The van der Waals surface area contributed by atoms with Gasteiger partial charge in [0, 0.05) is 12.2 Å². The van der Waals surface area contributed by atoms with Gasteiger partial charge in [0.25, 0.3) is 5.91 Å².